The first-order chi connectivity index (χ1) is 9.56. The number of benzene rings is 1. The second-order valence-corrected chi connectivity index (χ2v) is 8.11. The lowest BCUT2D eigenvalue weighted by Crippen LogP contribution is -2.25. The minimum Gasteiger partial charge on any atom is -0.481 e. The van der Waals surface area contributed by atoms with Gasteiger partial charge >= 0.3 is 5.97 Å². The summed E-state index contributed by atoms with van der Waals surface area (Å²) < 4.78 is 0. The Balaban J connectivity index is 2.04. The molecule has 2 nitrogen and oxygen atoms in total. The van der Waals surface area contributed by atoms with Crippen LogP contribution < -0.4 is 0 Å². The molecule has 6 heteroatoms. The Hall–Kier alpha value is -0.0300. The van der Waals surface area contributed by atoms with Crippen LogP contribution in [0, 0.1) is 0 Å². The van der Waals surface area contributed by atoms with Gasteiger partial charge in [0.2, 0.25) is 0 Å². The van der Waals surface area contributed by atoms with Gasteiger partial charge in [0, 0.05) is 20.4 Å². The highest BCUT2D eigenvalue weighted by atomic mass is 35.5. The van der Waals surface area contributed by atoms with Gasteiger partial charge in [-0.3, -0.25) is 4.79 Å². The number of aliphatic carboxylic acids is 1. The Labute approximate surface area is 137 Å². The molecule has 0 saturated heterocycles. The van der Waals surface area contributed by atoms with Crippen LogP contribution in [0.3, 0.4) is 0 Å². The van der Waals surface area contributed by atoms with Crippen LogP contribution in [0.15, 0.2) is 23.1 Å². The molecule has 1 saturated carbocycles. The van der Waals surface area contributed by atoms with E-state index in [1.165, 1.54) is 12.8 Å². The number of hydrogen-bond donors (Lipinski definition) is 1. The van der Waals surface area contributed by atoms with Gasteiger partial charge in [-0.25, -0.2) is 0 Å². The zero-order valence-corrected chi connectivity index (χ0v) is 14.0. The van der Waals surface area contributed by atoms with E-state index in [4.69, 9.17) is 28.3 Å². The number of hydrogen-bond acceptors (Lipinski definition) is 3. The summed E-state index contributed by atoms with van der Waals surface area (Å²) in [6, 6.07) is 5.49. The number of carboxylic acid groups (broad SMARTS) is 1. The molecule has 0 radical (unpaired) electrons. The number of thioether (sulfide) groups is 2. The summed E-state index contributed by atoms with van der Waals surface area (Å²) in [7, 11) is 0. The summed E-state index contributed by atoms with van der Waals surface area (Å²) in [6.45, 7) is 0. The van der Waals surface area contributed by atoms with Crippen molar-refractivity contribution in [1.82, 2.24) is 0 Å². The molecule has 0 amide bonds. The fourth-order valence-electron chi connectivity index (χ4n) is 2.30. The number of carbonyl (C=O) groups is 1. The molecule has 2 rings (SSSR count). The average molecular weight is 351 g/mol. The standard InChI is InChI=1S/C14H16Cl2O2S2/c15-9-5-6-10(16)13(7-9)20-12-4-2-1-3-11(12)19-8-14(17)18/h5-7,11-12H,1-4,8H2,(H,17,18). The van der Waals surface area contributed by atoms with Crippen LogP contribution in [0.1, 0.15) is 25.7 Å². The molecular weight excluding hydrogens is 335 g/mol. The SMILES string of the molecule is O=C(O)CSC1CCCCC1Sc1cc(Cl)ccc1Cl. The molecule has 1 aromatic carbocycles. The highest BCUT2D eigenvalue weighted by Crippen LogP contribution is 2.42. The maximum atomic E-state index is 10.7. The second-order valence-electron chi connectivity index (χ2n) is 4.76. The first-order valence-electron chi connectivity index (χ1n) is 6.51. The van der Waals surface area contributed by atoms with E-state index in [1.807, 2.05) is 12.1 Å². The molecule has 0 aromatic heterocycles. The predicted molar refractivity (Wildman–Crippen MR) is 88.5 cm³/mol. The van der Waals surface area contributed by atoms with Crippen molar-refractivity contribution in [2.75, 3.05) is 5.75 Å². The summed E-state index contributed by atoms with van der Waals surface area (Å²) in [5.41, 5.74) is 0. The van der Waals surface area contributed by atoms with E-state index in [2.05, 4.69) is 0 Å². The summed E-state index contributed by atoms with van der Waals surface area (Å²) in [5, 5.41) is 11.0. The normalized spacial score (nSPS) is 22.7. The lowest BCUT2D eigenvalue weighted by Gasteiger charge is -2.30. The molecule has 0 heterocycles. The van der Waals surface area contributed by atoms with E-state index in [0.717, 1.165) is 17.7 Å². The Morgan fingerprint density at radius 3 is 2.65 bits per heavy atom. The Morgan fingerprint density at radius 2 is 1.95 bits per heavy atom. The van der Waals surface area contributed by atoms with Crippen molar-refractivity contribution in [2.24, 2.45) is 0 Å². The van der Waals surface area contributed by atoms with Gasteiger partial charge in [-0.2, -0.15) is 0 Å². The predicted octanol–water partition coefficient (Wildman–Crippen LogP) is 5.21. The fourth-order valence-corrected chi connectivity index (χ4v) is 5.50. The maximum absolute atomic E-state index is 10.7. The van der Waals surface area contributed by atoms with E-state index in [1.54, 1.807) is 29.6 Å². The van der Waals surface area contributed by atoms with Crippen molar-refractivity contribution in [2.45, 2.75) is 41.1 Å². The van der Waals surface area contributed by atoms with Crippen LogP contribution in [-0.2, 0) is 4.79 Å². The Bertz CT molecular complexity index is 482. The maximum Gasteiger partial charge on any atom is 0.313 e. The number of halogens is 2. The van der Waals surface area contributed by atoms with Crippen molar-refractivity contribution in [3.05, 3.63) is 28.2 Å². The van der Waals surface area contributed by atoms with Crippen LogP contribution in [0.5, 0.6) is 0 Å². The van der Waals surface area contributed by atoms with Crippen molar-refractivity contribution in [3.63, 3.8) is 0 Å². The van der Waals surface area contributed by atoms with Gasteiger partial charge in [0.1, 0.15) is 0 Å². The smallest absolute Gasteiger partial charge is 0.313 e. The van der Waals surface area contributed by atoms with Gasteiger partial charge in [-0.05, 0) is 31.0 Å². The molecule has 1 aromatic rings. The van der Waals surface area contributed by atoms with Gasteiger partial charge in [-0.15, -0.1) is 23.5 Å². The van der Waals surface area contributed by atoms with Crippen LogP contribution in [0.4, 0.5) is 0 Å². The topological polar surface area (TPSA) is 37.3 Å². The van der Waals surface area contributed by atoms with Crippen molar-refractivity contribution >= 4 is 52.7 Å². The molecule has 1 aliphatic carbocycles. The zero-order chi connectivity index (χ0) is 14.5. The molecule has 1 aliphatic rings. The van der Waals surface area contributed by atoms with Crippen molar-refractivity contribution < 1.29 is 9.90 Å². The van der Waals surface area contributed by atoms with E-state index in [0.29, 0.717) is 20.5 Å². The third-order valence-corrected chi connectivity index (χ3v) is 6.95. The molecule has 110 valence electrons. The van der Waals surface area contributed by atoms with Gasteiger partial charge in [0.05, 0.1) is 10.8 Å². The van der Waals surface area contributed by atoms with Crippen LogP contribution in [-0.4, -0.2) is 27.3 Å². The lowest BCUT2D eigenvalue weighted by molar-refractivity contribution is -0.133. The minimum absolute atomic E-state index is 0.172. The van der Waals surface area contributed by atoms with E-state index in [9.17, 15) is 4.79 Å². The number of rotatable bonds is 5. The van der Waals surface area contributed by atoms with E-state index < -0.39 is 5.97 Å². The molecule has 1 N–H and O–H groups in total. The van der Waals surface area contributed by atoms with Gasteiger partial charge < -0.3 is 5.11 Å². The van der Waals surface area contributed by atoms with Crippen molar-refractivity contribution in [1.29, 1.82) is 0 Å². The summed E-state index contributed by atoms with van der Waals surface area (Å²) in [6.07, 6.45) is 4.55. The lowest BCUT2D eigenvalue weighted by atomic mass is 10.00. The minimum atomic E-state index is -0.745. The molecule has 2 atom stereocenters. The summed E-state index contributed by atoms with van der Waals surface area (Å²) in [4.78, 5) is 11.7. The van der Waals surface area contributed by atoms with Crippen LogP contribution in [0.25, 0.3) is 0 Å². The molecule has 0 aliphatic heterocycles. The van der Waals surface area contributed by atoms with Gasteiger partial charge in [-0.1, -0.05) is 36.0 Å². The highest BCUT2D eigenvalue weighted by molar-refractivity contribution is 8.04. The first kappa shape index (κ1) is 16.3. The molecule has 2 unspecified atom stereocenters. The van der Waals surface area contributed by atoms with E-state index in [-0.39, 0.29) is 5.75 Å². The molecule has 0 bridgehead atoms. The largest absolute Gasteiger partial charge is 0.481 e. The third-order valence-electron chi connectivity index (χ3n) is 3.23. The highest BCUT2D eigenvalue weighted by Gasteiger charge is 2.27. The van der Waals surface area contributed by atoms with Crippen molar-refractivity contribution in [3.8, 4) is 0 Å². The zero-order valence-electron chi connectivity index (χ0n) is 10.9. The molecule has 20 heavy (non-hydrogen) atoms. The number of carboxylic acids is 1. The van der Waals surface area contributed by atoms with Gasteiger partial charge in [0.25, 0.3) is 0 Å². The molecule has 0 spiro atoms. The van der Waals surface area contributed by atoms with Gasteiger partial charge in [0.15, 0.2) is 0 Å². The van der Waals surface area contributed by atoms with Crippen LogP contribution >= 0.6 is 46.7 Å². The summed E-state index contributed by atoms with van der Waals surface area (Å²) in [5.74, 6) is -0.574. The Kier molecular flexibility index (Phi) is 6.40. The first-order valence-corrected chi connectivity index (χ1v) is 9.20. The second kappa shape index (κ2) is 7.83. The monoisotopic (exact) mass is 350 g/mol. The molecular formula is C14H16Cl2O2S2. The quantitative estimate of drug-likeness (QED) is 0.790. The van der Waals surface area contributed by atoms with E-state index >= 15 is 0 Å². The fraction of sp³-hybridized carbons (Fsp3) is 0.500. The molecule has 1 fully saturated rings. The Morgan fingerprint density at radius 1 is 1.25 bits per heavy atom. The third kappa shape index (κ3) is 4.76. The van der Waals surface area contributed by atoms with Crippen LogP contribution in [0.2, 0.25) is 10.0 Å². The average Bonchev–Trinajstić information content (AvgIpc) is 2.42. The summed E-state index contributed by atoms with van der Waals surface area (Å²) >= 11 is 15.5.